The summed E-state index contributed by atoms with van der Waals surface area (Å²) in [5, 5.41) is 14.5. The van der Waals surface area contributed by atoms with Gasteiger partial charge in [-0.25, -0.2) is 18.4 Å². The van der Waals surface area contributed by atoms with Gasteiger partial charge >= 0.3 is 0 Å². The third kappa shape index (κ3) is 5.32. The van der Waals surface area contributed by atoms with E-state index in [1.165, 1.54) is 30.3 Å². The number of benzene rings is 1. The first-order valence-corrected chi connectivity index (χ1v) is 12.5. The molecule has 1 N–H and O–H groups in total. The number of piperidine rings is 1. The van der Waals surface area contributed by atoms with Crippen LogP contribution >= 0.6 is 11.6 Å². The van der Waals surface area contributed by atoms with Gasteiger partial charge < -0.3 is 14.7 Å². The molecule has 1 aromatic carbocycles. The fourth-order valence-electron chi connectivity index (χ4n) is 3.53. The molecule has 0 aliphatic carbocycles. The summed E-state index contributed by atoms with van der Waals surface area (Å²) in [5.41, 5.74) is 0.136. The van der Waals surface area contributed by atoms with Gasteiger partial charge in [0.1, 0.15) is 11.8 Å². The molecule has 174 valence electrons. The van der Waals surface area contributed by atoms with Crippen molar-refractivity contribution in [3.05, 3.63) is 63.8 Å². The first-order valence-electron chi connectivity index (χ1n) is 10.2. The summed E-state index contributed by atoms with van der Waals surface area (Å²) in [6.07, 6.45) is 5.39. The van der Waals surface area contributed by atoms with Gasteiger partial charge in [0, 0.05) is 38.3 Å². The van der Waals surface area contributed by atoms with Crippen molar-refractivity contribution in [2.75, 3.05) is 24.2 Å². The maximum atomic E-state index is 12.7. The number of hydrogen-bond donors (Lipinski definition) is 1. The third-order valence-corrected chi connectivity index (χ3v) is 6.58. The van der Waals surface area contributed by atoms with Crippen LogP contribution in [0.25, 0.3) is 5.69 Å². The standard InChI is InChI=1S/C21H22ClN5O5S/c1-33(30,31)17-4-2-15(3-5-17)27-20(29)10-19(18(13-28)25-27)32-16-6-8-26(9-7-16)21-23-11-14(22)12-24-21/h2-5,10-12,16,28H,6-9,13H2,1H3. The van der Waals surface area contributed by atoms with Gasteiger partial charge in [0.2, 0.25) is 5.95 Å². The fraction of sp³-hybridized carbons (Fsp3) is 0.333. The quantitative estimate of drug-likeness (QED) is 0.547. The molecule has 0 radical (unpaired) electrons. The largest absolute Gasteiger partial charge is 0.488 e. The first kappa shape index (κ1) is 23.1. The number of nitrogens with zero attached hydrogens (tertiary/aromatic N) is 5. The van der Waals surface area contributed by atoms with Gasteiger partial charge in [-0.15, -0.1) is 0 Å². The Morgan fingerprint density at radius 3 is 2.36 bits per heavy atom. The summed E-state index contributed by atoms with van der Waals surface area (Å²) in [4.78, 5) is 23.3. The highest BCUT2D eigenvalue weighted by atomic mass is 35.5. The second kappa shape index (κ2) is 9.46. The van der Waals surface area contributed by atoms with Crippen LogP contribution in [0.1, 0.15) is 18.5 Å². The summed E-state index contributed by atoms with van der Waals surface area (Å²) in [5.74, 6) is 0.827. The molecule has 0 unspecified atom stereocenters. The number of halogens is 1. The Bertz CT molecular complexity index is 1290. The topological polar surface area (TPSA) is 128 Å². The molecular formula is C21H22ClN5O5S. The van der Waals surface area contributed by atoms with Crippen molar-refractivity contribution < 1.29 is 18.3 Å². The number of aromatic nitrogens is 4. The van der Waals surface area contributed by atoms with Crippen molar-refractivity contribution in [2.45, 2.75) is 30.4 Å². The Labute approximate surface area is 195 Å². The van der Waals surface area contributed by atoms with Crippen molar-refractivity contribution in [1.82, 2.24) is 19.7 Å². The van der Waals surface area contributed by atoms with E-state index in [-0.39, 0.29) is 22.4 Å². The minimum Gasteiger partial charge on any atom is -0.488 e. The van der Waals surface area contributed by atoms with E-state index < -0.39 is 22.0 Å². The lowest BCUT2D eigenvalue weighted by atomic mass is 10.1. The second-order valence-electron chi connectivity index (χ2n) is 7.64. The van der Waals surface area contributed by atoms with E-state index in [1.807, 2.05) is 4.90 Å². The fourth-order valence-corrected chi connectivity index (χ4v) is 4.26. The Kier molecular flexibility index (Phi) is 6.63. The van der Waals surface area contributed by atoms with Gasteiger partial charge in [-0.05, 0) is 24.3 Å². The Morgan fingerprint density at radius 2 is 1.79 bits per heavy atom. The Balaban J connectivity index is 1.48. The van der Waals surface area contributed by atoms with E-state index >= 15 is 0 Å². The highest BCUT2D eigenvalue weighted by molar-refractivity contribution is 7.90. The highest BCUT2D eigenvalue weighted by Crippen LogP contribution is 2.23. The molecule has 1 aliphatic rings. The third-order valence-electron chi connectivity index (χ3n) is 5.25. The van der Waals surface area contributed by atoms with Crippen LogP contribution in [0, 0.1) is 0 Å². The molecule has 3 aromatic rings. The predicted octanol–water partition coefficient (Wildman–Crippen LogP) is 1.62. The first-order chi connectivity index (χ1) is 15.7. The number of ether oxygens (including phenoxy) is 1. The SMILES string of the molecule is CS(=O)(=O)c1ccc(-n2nc(CO)c(OC3CCN(c4ncc(Cl)cn4)CC3)cc2=O)cc1. The number of aliphatic hydroxyl groups excluding tert-OH is 1. The lowest BCUT2D eigenvalue weighted by molar-refractivity contribution is 0.161. The van der Waals surface area contributed by atoms with E-state index in [2.05, 4.69) is 15.1 Å². The summed E-state index contributed by atoms with van der Waals surface area (Å²) in [6, 6.07) is 7.07. The maximum absolute atomic E-state index is 12.7. The van der Waals surface area contributed by atoms with E-state index in [9.17, 15) is 18.3 Å². The average Bonchev–Trinajstić information content (AvgIpc) is 2.80. The summed E-state index contributed by atoms with van der Waals surface area (Å²) < 4.78 is 30.4. The molecule has 1 aliphatic heterocycles. The minimum atomic E-state index is -3.36. The molecule has 12 heteroatoms. The van der Waals surface area contributed by atoms with Gasteiger partial charge in [-0.1, -0.05) is 11.6 Å². The summed E-state index contributed by atoms with van der Waals surface area (Å²) in [6.45, 7) is 0.907. The van der Waals surface area contributed by atoms with Crippen molar-refractivity contribution in [2.24, 2.45) is 0 Å². The van der Waals surface area contributed by atoms with E-state index in [4.69, 9.17) is 16.3 Å². The molecule has 4 rings (SSSR count). The zero-order valence-electron chi connectivity index (χ0n) is 17.8. The van der Waals surface area contributed by atoms with E-state index in [0.717, 1.165) is 10.9 Å². The van der Waals surface area contributed by atoms with E-state index in [1.54, 1.807) is 12.4 Å². The van der Waals surface area contributed by atoms with Crippen LogP contribution in [0.5, 0.6) is 5.75 Å². The molecule has 3 heterocycles. The van der Waals surface area contributed by atoms with Gasteiger partial charge in [0.05, 0.1) is 34.6 Å². The van der Waals surface area contributed by atoms with Gasteiger partial charge in [0.25, 0.3) is 5.56 Å². The molecular weight excluding hydrogens is 470 g/mol. The molecule has 10 nitrogen and oxygen atoms in total. The Hall–Kier alpha value is -3.02. The molecule has 0 saturated carbocycles. The Morgan fingerprint density at radius 1 is 1.15 bits per heavy atom. The molecule has 33 heavy (non-hydrogen) atoms. The number of sulfone groups is 1. The van der Waals surface area contributed by atoms with Gasteiger partial charge in [0.15, 0.2) is 15.6 Å². The number of hydrogen-bond acceptors (Lipinski definition) is 9. The van der Waals surface area contributed by atoms with E-state index in [0.29, 0.717) is 42.6 Å². The van der Waals surface area contributed by atoms with Crippen LogP contribution in [0.4, 0.5) is 5.95 Å². The number of anilines is 1. The van der Waals surface area contributed by atoms with Crippen LogP contribution in [0.3, 0.4) is 0 Å². The van der Waals surface area contributed by atoms with Gasteiger partial charge in [-0.2, -0.15) is 9.78 Å². The zero-order chi connectivity index (χ0) is 23.6. The van der Waals surface area contributed by atoms with Crippen molar-refractivity contribution in [3.8, 4) is 11.4 Å². The van der Waals surface area contributed by atoms with Crippen LogP contribution in [-0.2, 0) is 16.4 Å². The lowest BCUT2D eigenvalue weighted by Crippen LogP contribution is -2.39. The normalized spacial score (nSPS) is 14.9. The maximum Gasteiger partial charge on any atom is 0.275 e. The van der Waals surface area contributed by atoms with Crippen LogP contribution in [-0.4, -0.2) is 58.7 Å². The molecule has 0 bridgehead atoms. The average molecular weight is 492 g/mol. The molecule has 0 atom stereocenters. The lowest BCUT2D eigenvalue weighted by Gasteiger charge is -2.32. The van der Waals surface area contributed by atoms with Crippen LogP contribution in [0.2, 0.25) is 5.02 Å². The zero-order valence-corrected chi connectivity index (χ0v) is 19.3. The van der Waals surface area contributed by atoms with Crippen molar-refractivity contribution >= 4 is 27.4 Å². The summed E-state index contributed by atoms with van der Waals surface area (Å²) in [7, 11) is -3.36. The second-order valence-corrected chi connectivity index (χ2v) is 10.1. The van der Waals surface area contributed by atoms with Crippen molar-refractivity contribution in [1.29, 1.82) is 0 Å². The molecule has 0 amide bonds. The summed E-state index contributed by atoms with van der Waals surface area (Å²) >= 11 is 5.84. The van der Waals surface area contributed by atoms with Crippen LogP contribution in [0.15, 0.2) is 52.4 Å². The molecule has 0 spiro atoms. The minimum absolute atomic E-state index is 0.136. The highest BCUT2D eigenvalue weighted by Gasteiger charge is 2.24. The predicted molar refractivity (Wildman–Crippen MR) is 122 cm³/mol. The smallest absolute Gasteiger partial charge is 0.275 e. The molecule has 1 fully saturated rings. The van der Waals surface area contributed by atoms with Crippen LogP contribution < -0.4 is 15.2 Å². The number of rotatable bonds is 6. The monoisotopic (exact) mass is 491 g/mol. The number of aliphatic hydroxyl groups is 1. The van der Waals surface area contributed by atoms with Crippen molar-refractivity contribution in [3.63, 3.8) is 0 Å². The molecule has 1 saturated heterocycles. The molecule has 2 aromatic heterocycles. The van der Waals surface area contributed by atoms with Gasteiger partial charge in [-0.3, -0.25) is 4.79 Å².